The molecule has 2 aliphatic rings. The van der Waals surface area contributed by atoms with E-state index in [-0.39, 0.29) is 37.3 Å². The third-order valence-electron chi connectivity index (χ3n) is 4.63. The largest absolute Gasteiger partial charge is 0.486 e. The second-order valence-electron chi connectivity index (χ2n) is 6.84. The van der Waals surface area contributed by atoms with Crippen molar-refractivity contribution in [3.05, 3.63) is 36.7 Å². The van der Waals surface area contributed by atoms with Gasteiger partial charge >= 0.3 is 6.03 Å². The van der Waals surface area contributed by atoms with E-state index >= 15 is 0 Å². The summed E-state index contributed by atoms with van der Waals surface area (Å²) in [5.74, 6) is 0.899. The van der Waals surface area contributed by atoms with Crippen molar-refractivity contribution in [2.75, 3.05) is 25.0 Å². The zero-order chi connectivity index (χ0) is 20.2. The molecule has 0 aliphatic carbocycles. The van der Waals surface area contributed by atoms with Crippen molar-refractivity contribution < 1.29 is 23.9 Å². The molecular weight excluding hydrogens is 378 g/mol. The second-order valence-corrected chi connectivity index (χ2v) is 6.84. The Morgan fingerprint density at radius 2 is 2.10 bits per heavy atom. The summed E-state index contributed by atoms with van der Waals surface area (Å²) in [5.41, 5.74) is 0.561. The Bertz CT molecular complexity index is 927. The van der Waals surface area contributed by atoms with Crippen molar-refractivity contribution in [1.29, 1.82) is 0 Å². The number of carbonyl (C=O) groups excluding carboxylic acids is 3. The van der Waals surface area contributed by atoms with Gasteiger partial charge < -0.3 is 19.7 Å². The average molecular weight is 399 g/mol. The van der Waals surface area contributed by atoms with Gasteiger partial charge in [0.05, 0.1) is 18.4 Å². The number of imide groups is 1. The fraction of sp³-hybridized carbons (Fsp3) is 0.368. The molecule has 2 N–H and O–H groups in total. The van der Waals surface area contributed by atoms with Crippen LogP contribution in [-0.4, -0.2) is 58.3 Å². The molecule has 0 spiro atoms. The number of amides is 4. The van der Waals surface area contributed by atoms with Crippen LogP contribution in [0.4, 0.5) is 10.5 Å². The lowest BCUT2D eigenvalue weighted by Gasteiger charge is -2.26. The van der Waals surface area contributed by atoms with Gasteiger partial charge in [-0.2, -0.15) is 5.10 Å². The number of hydrogen-bond acceptors (Lipinski definition) is 6. The normalized spacial score (nSPS) is 18.3. The zero-order valence-corrected chi connectivity index (χ0v) is 15.7. The van der Waals surface area contributed by atoms with Gasteiger partial charge in [0.15, 0.2) is 17.6 Å². The Morgan fingerprint density at radius 1 is 1.28 bits per heavy atom. The summed E-state index contributed by atoms with van der Waals surface area (Å²) in [7, 11) is 0. The summed E-state index contributed by atoms with van der Waals surface area (Å²) < 4.78 is 13.3. The maximum absolute atomic E-state index is 12.1. The van der Waals surface area contributed by atoms with E-state index in [1.165, 1.54) is 4.90 Å². The minimum absolute atomic E-state index is 0.128. The third-order valence-corrected chi connectivity index (χ3v) is 4.63. The molecule has 10 heteroatoms. The predicted molar refractivity (Wildman–Crippen MR) is 102 cm³/mol. The number of ether oxygens (including phenoxy) is 2. The van der Waals surface area contributed by atoms with Crippen LogP contribution < -0.4 is 20.1 Å². The van der Waals surface area contributed by atoms with E-state index in [1.807, 2.05) is 24.3 Å². The predicted octanol–water partition coefficient (Wildman–Crippen LogP) is 0.994. The molecule has 4 amide bonds. The first kappa shape index (κ1) is 18.8. The van der Waals surface area contributed by atoms with E-state index in [0.717, 1.165) is 5.75 Å². The van der Waals surface area contributed by atoms with Gasteiger partial charge in [-0.3, -0.25) is 19.6 Å². The van der Waals surface area contributed by atoms with E-state index < -0.39 is 6.03 Å². The average Bonchev–Trinajstić information content (AvgIpc) is 3.14. The Kier molecular flexibility index (Phi) is 5.32. The fourth-order valence-electron chi connectivity index (χ4n) is 3.16. The number of urea groups is 1. The van der Waals surface area contributed by atoms with Gasteiger partial charge in [-0.05, 0) is 12.1 Å². The number of hydrogen-bond donors (Lipinski definition) is 2. The SMILES string of the molecule is O=C1CCN(CCC(=O)Nc2cnn(CC3COc4ccccc4O3)c2)C(=O)N1. The van der Waals surface area contributed by atoms with Crippen LogP contribution in [0.3, 0.4) is 0 Å². The molecule has 29 heavy (non-hydrogen) atoms. The van der Waals surface area contributed by atoms with E-state index in [1.54, 1.807) is 17.1 Å². The number of nitrogens with one attached hydrogen (secondary N) is 2. The monoisotopic (exact) mass is 399 g/mol. The maximum atomic E-state index is 12.1. The van der Waals surface area contributed by atoms with Gasteiger partial charge in [-0.1, -0.05) is 12.1 Å². The fourth-order valence-corrected chi connectivity index (χ4v) is 3.16. The molecule has 3 heterocycles. The topological polar surface area (TPSA) is 115 Å². The molecule has 1 aromatic carbocycles. The van der Waals surface area contributed by atoms with Crippen molar-refractivity contribution in [3.63, 3.8) is 0 Å². The lowest BCUT2D eigenvalue weighted by Crippen LogP contribution is -2.50. The molecule has 152 valence electrons. The molecule has 1 atom stereocenters. The van der Waals surface area contributed by atoms with Crippen LogP contribution in [0.1, 0.15) is 12.8 Å². The van der Waals surface area contributed by atoms with Crippen molar-refractivity contribution in [3.8, 4) is 11.5 Å². The number of nitrogens with zero attached hydrogens (tertiary/aromatic N) is 3. The summed E-state index contributed by atoms with van der Waals surface area (Å²) in [5, 5.41) is 9.23. The van der Waals surface area contributed by atoms with E-state index in [0.29, 0.717) is 31.1 Å². The highest BCUT2D eigenvalue weighted by Crippen LogP contribution is 2.31. The Hall–Kier alpha value is -3.56. The molecule has 4 rings (SSSR count). The number of benzene rings is 1. The molecular formula is C19H21N5O5. The molecule has 0 saturated carbocycles. The minimum Gasteiger partial charge on any atom is -0.486 e. The molecule has 1 fully saturated rings. The maximum Gasteiger partial charge on any atom is 0.324 e. The van der Waals surface area contributed by atoms with Gasteiger partial charge in [0.2, 0.25) is 11.8 Å². The highest BCUT2D eigenvalue weighted by Gasteiger charge is 2.23. The third kappa shape index (κ3) is 4.65. The van der Waals surface area contributed by atoms with Crippen molar-refractivity contribution in [2.24, 2.45) is 0 Å². The van der Waals surface area contributed by atoms with Crippen molar-refractivity contribution in [1.82, 2.24) is 20.0 Å². The number of anilines is 1. The first-order valence-electron chi connectivity index (χ1n) is 9.36. The van der Waals surface area contributed by atoms with Gasteiger partial charge in [0.25, 0.3) is 0 Å². The lowest BCUT2D eigenvalue weighted by atomic mass is 10.2. The van der Waals surface area contributed by atoms with Crippen LogP contribution in [0.25, 0.3) is 0 Å². The minimum atomic E-state index is -0.460. The number of carbonyl (C=O) groups is 3. The quantitative estimate of drug-likeness (QED) is 0.749. The van der Waals surface area contributed by atoms with Gasteiger partial charge in [0.1, 0.15) is 6.61 Å². The Balaban J connectivity index is 1.24. The lowest BCUT2D eigenvalue weighted by molar-refractivity contribution is -0.121. The molecule has 2 aromatic rings. The van der Waals surface area contributed by atoms with Crippen LogP contribution >= 0.6 is 0 Å². The molecule has 1 aromatic heterocycles. The van der Waals surface area contributed by atoms with E-state index in [4.69, 9.17) is 9.47 Å². The second kappa shape index (κ2) is 8.21. The van der Waals surface area contributed by atoms with Crippen LogP contribution in [0, 0.1) is 0 Å². The number of aromatic nitrogens is 2. The molecule has 1 unspecified atom stereocenters. The van der Waals surface area contributed by atoms with Crippen LogP contribution in [0.5, 0.6) is 11.5 Å². The summed E-state index contributed by atoms with van der Waals surface area (Å²) in [6.07, 6.45) is 3.46. The Labute approximate surface area is 166 Å². The standard InChI is InChI=1S/C19H21N5O5/c25-17(5-7-23-8-6-18(26)22-19(23)27)21-13-9-20-24(10-13)11-14-12-28-15-3-1-2-4-16(15)29-14/h1-4,9-10,14H,5-8,11-12H2,(H,21,25)(H,22,26,27). The smallest absolute Gasteiger partial charge is 0.324 e. The van der Waals surface area contributed by atoms with Gasteiger partial charge in [-0.15, -0.1) is 0 Å². The first-order chi connectivity index (χ1) is 14.1. The summed E-state index contributed by atoms with van der Waals surface area (Å²) in [6.45, 7) is 1.46. The zero-order valence-electron chi connectivity index (χ0n) is 15.7. The number of rotatable bonds is 6. The summed E-state index contributed by atoms with van der Waals surface area (Å²) in [6, 6.07) is 7.03. The van der Waals surface area contributed by atoms with Crippen LogP contribution in [0.2, 0.25) is 0 Å². The van der Waals surface area contributed by atoms with Gasteiger partial charge in [0, 0.05) is 32.1 Å². The molecule has 0 bridgehead atoms. The highest BCUT2D eigenvalue weighted by atomic mass is 16.6. The summed E-state index contributed by atoms with van der Waals surface area (Å²) >= 11 is 0. The van der Waals surface area contributed by atoms with Crippen molar-refractivity contribution in [2.45, 2.75) is 25.5 Å². The van der Waals surface area contributed by atoms with Gasteiger partial charge in [-0.25, -0.2) is 4.79 Å². The molecule has 1 saturated heterocycles. The number of fused-ring (bicyclic) bond motifs is 1. The number of para-hydroxylation sites is 2. The summed E-state index contributed by atoms with van der Waals surface area (Å²) in [4.78, 5) is 36.4. The first-order valence-corrected chi connectivity index (χ1v) is 9.36. The Morgan fingerprint density at radius 3 is 2.93 bits per heavy atom. The van der Waals surface area contributed by atoms with Crippen LogP contribution in [-0.2, 0) is 16.1 Å². The van der Waals surface area contributed by atoms with E-state index in [2.05, 4.69) is 15.7 Å². The highest BCUT2D eigenvalue weighted by molar-refractivity contribution is 5.97. The molecule has 2 aliphatic heterocycles. The van der Waals surface area contributed by atoms with E-state index in [9.17, 15) is 14.4 Å². The molecule has 0 radical (unpaired) electrons. The molecule has 10 nitrogen and oxygen atoms in total. The van der Waals surface area contributed by atoms with Crippen molar-refractivity contribution >= 4 is 23.5 Å². The van der Waals surface area contributed by atoms with Crippen LogP contribution in [0.15, 0.2) is 36.7 Å².